The molecule has 2 rings (SSSR count). The van der Waals surface area contributed by atoms with E-state index in [0.717, 1.165) is 22.9 Å². The molecule has 1 aromatic heterocycles. The van der Waals surface area contributed by atoms with Gasteiger partial charge in [0.05, 0.1) is 5.69 Å². The Morgan fingerprint density at radius 2 is 2.19 bits per heavy atom. The van der Waals surface area contributed by atoms with Crippen molar-refractivity contribution in [3.05, 3.63) is 10.6 Å². The zero-order chi connectivity index (χ0) is 15.4. The minimum Gasteiger partial charge on any atom is -0.481 e. The molecule has 1 heterocycles. The fourth-order valence-corrected chi connectivity index (χ4v) is 3.32. The van der Waals surface area contributed by atoms with Crippen molar-refractivity contribution in [2.45, 2.75) is 25.2 Å². The minimum absolute atomic E-state index is 0.138. The van der Waals surface area contributed by atoms with E-state index >= 15 is 0 Å². The smallest absolute Gasteiger partial charge is 0.316 e. The number of aryl methyl sites for hydroxylation is 1. The van der Waals surface area contributed by atoms with Crippen LogP contribution in [-0.2, 0) is 11.2 Å². The molecule has 1 atom stereocenters. The van der Waals surface area contributed by atoms with Crippen molar-refractivity contribution in [1.82, 2.24) is 15.2 Å². The van der Waals surface area contributed by atoms with Crippen molar-refractivity contribution in [3.63, 3.8) is 0 Å². The highest BCUT2D eigenvalue weighted by Crippen LogP contribution is 2.36. The molecule has 0 aliphatic heterocycles. The van der Waals surface area contributed by atoms with E-state index in [-0.39, 0.29) is 6.03 Å². The second kappa shape index (κ2) is 6.75. The van der Waals surface area contributed by atoms with Crippen LogP contribution in [0.4, 0.5) is 9.93 Å². The number of thiazole rings is 1. The molecule has 116 valence electrons. The van der Waals surface area contributed by atoms with Gasteiger partial charge in [0.2, 0.25) is 0 Å². The first-order valence-corrected chi connectivity index (χ1v) is 7.72. The summed E-state index contributed by atoms with van der Waals surface area (Å²) >= 11 is 1.51. The molecule has 1 aliphatic rings. The Morgan fingerprint density at radius 3 is 2.86 bits per heavy atom. The Balaban J connectivity index is 1.88. The zero-order valence-corrected chi connectivity index (χ0v) is 13.0. The zero-order valence-electron chi connectivity index (χ0n) is 12.2. The lowest BCUT2D eigenvalue weighted by molar-refractivity contribution is -0.139. The van der Waals surface area contributed by atoms with Gasteiger partial charge in [0.25, 0.3) is 0 Å². The van der Waals surface area contributed by atoms with Crippen LogP contribution in [0.2, 0.25) is 0 Å². The number of rotatable bonds is 5. The summed E-state index contributed by atoms with van der Waals surface area (Å²) < 4.78 is 0. The van der Waals surface area contributed by atoms with Gasteiger partial charge in [0.1, 0.15) is 5.92 Å². The Morgan fingerprint density at radius 1 is 1.43 bits per heavy atom. The van der Waals surface area contributed by atoms with E-state index in [1.54, 1.807) is 14.1 Å². The summed E-state index contributed by atoms with van der Waals surface area (Å²) in [4.78, 5) is 29.5. The lowest BCUT2D eigenvalue weighted by Crippen LogP contribution is -2.37. The number of fused-ring (bicyclic) bond motifs is 1. The minimum atomic E-state index is -0.800. The van der Waals surface area contributed by atoms with Gasteiger partial charge in [-0.2, -0.15) is 0 Å². The Labute approximate surface area is 127 Å². The number of amides is 2. The predicted molar refractivity (Wildman–Crippen MR) is 81.0 cm³/mol. The van der Waals surface area contributed by atoms with Crippen LogP contribution in [0.25, 0.3) is 0 Å². The maximum Gasteiger partial charge on any atom is 0.316 e. The van der Waals surface area contributed by atoms with E-state index in [1.807, 2.05) is 0 Å². The topological polar surface area (TPSA) is 94.6 Å². The molecule has 0 fully saturated rings. The largest absolute Gasteiger partial charge is 0.481 e. The molecule has 1 unspecified atom stereocenters. The van der Waals surface area contributed by atoms with Crippen LogP contribution in [0.5, 0.6) is 0 Å². The molecule has 0 saturated carbocycles. The molecule has 0 spiro atoms. The first-order valence-electron chi connectivity index (χ1n) is 6.90. The van der Waals surface area contributed by atoms with Crippen LogP contribution < -0.4 is 10.6 Å². The highest BCUT2D eigenvalue weighted by Gasteiger charge is 2.29. The van der Waals surface area contributed by atoms with Crippen LogP contribution in [0, 0.1) is 0 Å². The fraction of sp³-hybridized carbons (Fsp3) is 0.615. The van der Waals surface area contributed by atoms with Gasteiger partial charge in [0.15, 0.2) is 5.13 Å². The number of carbonyl (C=O) groups is 2. The number of urea groups is 1. The molecule has 0 radical (unpaired) electrons. The normalized spacial score (nSPS) is 17.0. The molecule has 1 aliphatic carbocycles. The average Bonchev–Trinajstić information content (AvgIpc) is 2.85. The van der Waals surface area contributed by atoms with E-state index in [0.29, 0.717) is 25.2 Å². The van der Waals surface area contributed by atoms with Crippen molar-refractivity contribution in [2.75, 3.05) is 32.5 Å². The van der Waals surface area contributed by atoms with Gasteiger partial charge in [-0.25, -0.2) is 9.78 Å². The van der Waals surface area contributed by atoms with Gasteiger partial charge in [-0.05, 0) is 19.3 Å². The van der Waals surface area contributed by atoms with Crippen LogP contribution in [0.15, 0.2) is 0 Å². The average molecular weight is 312 g/mol. The van der Waals surface area contributed by atoms with Gasteiger partial charge < -0.3 is 20.6 Å². The fourth-order valence-electron chi connectivity index (χ4n) is 2.23. The lowest BCUT2D eigenvalue weighted by atomic mass is 9.91. The maximum atomic E-state index is 11.3. The third kappa shape index (κ3) is 3.84. The molecule has 0 aromatic carbocycles. The number of hydrogen-bond acceptors (Lipinski definition) is 5. The van der Waals surface area contributed by atoms with Crippen LogP contribution >= 0.6 is 11.3 Å². The Kier molecular flexibility index (Phi) is 5.00. The first kappa shape index (κ1) is 15.6. The molecule has 0 saturated heterocycles. The number of aromatic nitrogens is 1. The summed E-state index contributed by atoms with van der Waals surface area (Å²) in [7, 11) is 3.37. The maximum absolute atomic E-state index is 11.3. The quantitative estimate of drug-likeness (QED) is 0.713. The van der Waals surface area contributed by atoms with Gasteiger partial charge >= 0.3 is 12.0 Å². The molecule has 0 bridgehead atoms. The summed E-state index contributed by atoms with van der Waals surface area (Å²) in [5, 5.41) is 15.8. The monoisotopic (exact) mass is 312 g/mol. The number of nitrogens with zero attached hydrogens (tertiary/aromatic N) is 2. The summed E-state index contributed by atoms with van der Waals surface area (Å²) in [5.74, 6) is -1.28. The number of anilines is 1. The van der Waals surface area contributed by atoms with Gasteiger partial charge in [0, 0.05) is 32.1 Å². The third-order valence-electron chi connectivity index (χ3n) is 3.34. The lowest BCUT2D eigenvalue weighted by Gasteiger charge is -2.16. The van der Waals surface area contributed by atoms with Gasteiger partial charge in [-0.15, -0.1) is 11.3 Å². The van der Waals surface area contributed by atoms with Crippen molar-refractivity contribution in [3.8, 4) is 0 Å². The number of carbonyl (C=O) groups excluding carboxylic acids is 1. The molecule has 21 heavy (non-hydrogen) atoms. The number of carboxylic acids is 1. The third-order valence-corrected chi connectivity index (χ3v) is 4.42. The van der Waals surface area contributed by atoms with Crippen LogP contribution in [0.1, 0.15) is 29.3 Å². The van der Waals surface area contributed by atoms with E-state index in [1.165, 1.54) is 16.2 Å². The van der Waals surface area contributed by atoms with Crippen LogP contribution in [-0.4, -0.2) is 54.2 Å². The molecule has 3 N–H and O–H groups in total. The molecule has 2 amide bonds. The van der Waals surface area contributed by atoms with Gasteiger partial charge in [-0.3, -0.25) is 4.79 Å². The Hall–Kier alpha value is -1.83. The number of carboxylic acid groups (broad SMARTS) is 1. The van der Waals surface area contributed by atoms with Gasteiger partial charge in [-0.1, -0.05) is 0 Å². The summed E-state index contributed by atoms with van der Waals surface area (Å²) in [6.45, 7) is 1.05. The molecule has 7 nitrogen and oxygen atoms in total. The summed E-state index contributed by atoms with van der Waals surface area (Å²) in [5.41, 5.74) is 0.707. The molecular formula is C13H20N4O3S. The van der Waals surface area contributed by atoms with Crippen LogP contribution in [0.3, 0.4) is 0 Å². The predicted octanol–water partition coefficient (Wildman–Crippen LogP) is 1.33. The van der Waals surface area contributed by atoms with Crippen molar-refractivity contribution < 1.29 is 14.7 Å². The summed E-state index contributed by atoms with van der Waals surface area (Å²) in [6, 6.07) is -0.138. The highest BCUT2D eigenvalue weighted by molar-refractivity contribution is 7.15. The second-order valence-electron chi connectivity index (χ2n) is 5.16. The SMILES string of the molecule is CN(C)C(=O)NCCNc1nc2c(s1)CCCC2C(=O)O. The molecule has 1 aromatic rings. The van der Waals surface area contributed by atoms with E-state index in [9.17, 15) is 14.7 Å². The van der Waals surface area contributed by atoms with E-state index in [2.05, 4.69) is 15.6 Å². The van der Waals surface area contributed by atoms with Crippen molar-refractivity contribution in [2.24, 2.45) is 0 Å². The van der Waals surface area contributed by atoms with Crippen molar-refractivity contribution in [1.29, 1.82) is 0 Å². The van der Waals surface area contributed by atoms with E-state index in [4.69, 9.17) is 0 Å². The Bertz CT molecular complexity index is 529. The highest BCUT2D eigenvalue weighted by atomic mass is 32.1. The number of nitrogens with one attached hydrogen (secondary N) is 2. The molecular weight excluding hydrogens is 292 g/mol. The number of hydrogen-bond donors (Lipinski definition) is 3. The first-order chi connectivity index (χ1) is 9.99. The van der Waals surface area contributed by atoms with E-state index < -0.39 is 11.9 Å². The summed E-state index contributed by atoms with van der Waals surface area (Å²) in [6.07, 6.45) is 2.45. The van der Waals surface area contributed by atoms with Crippen molar-refractivity contribution >= 4 is 28.5 Å². The standard InChI is InChI=1S/C13H20N4O3S/c1-17(2)13(20)15-7-6-14-12-16-10-8(11(18)19)4-3-5-9(10)21-12/h8H,3-7H2,1-2H3,(H,14,16)(H,15,20)(H,18,19). The number of aliphatic carboxylic acids is 1. The molecule has 8 heteroatoms. The second-order valence-corrected chi connectivity index (χ2v) is 6.25.